The van der Waals surface area contributed by atoms with Crippen molar-refractivity contribution in [1.82, 2.24) is 20.2 Å². The molecule has 0 radical (unpaired) electrons. The molecule has 1 saturated carbocycles. The molecule has 1 aliphatic carbocycles. The summed E-state index contributed by atoms with van der Waals surface area (Å²) in [6.07, 6.45) is 9.23. The van der Waals surface area contributed by atoms with E-state index in [1.165, 1.54) is 19.3 Å². The zero-order chi connectivity index (χ0) is 17.9. The smallest absolute Gasteiger partial charge is 0.253 e. The molecule has 6 heteroatoms. The molecular weight excluding hydrogens is 328 g/mol. The molecule has 2 amide bonds. The highest BCUT2D eigenvalue weighted by atomic mass is 16.2. The Labute approximate surface area is 153 Å². The molecule has 1 aromatic carbocycles. The van der Waals surface area contributed by atoms with Gasteiger partial charge in [0, 0.05) is 24.7 Å². The van der Waals surface area contributed by atoms with E-state index in [9.17, 15) is 9.59 Å². The van der Waals surface area contributed by atoms with Crippen LogP contribution in [0.25, 0.3) is 11.0 Å². The van der Waals surface area contributed by atoms with E-state index >= 15 is 0 Å². The molecule has 6 nitrogen and oxygen atoms in total. The standard InChI is InChI=1S/C20H26N4O2/c25-19(23-16-6-2-1-3-7-16)15-5-4-10-24(12-15)20(26)14-8-9-17-18(11-14)22-13-21-17/h8-9,11,13,15-16H,1-7,10,12H2,(H,21,22)(H,23,25)/t15-/m1/s1. The van der Waals surface area contributed by atoms with Gasteiger partial charge in [-0.15, -0.1) is 0 Å². The number of hydrogen-bond acceptors (Lipinski definition) is 3. The molecule has 0 unspecified atom stereocenters. The number of fused-ring (bicyclic) bond motifs is 1. The number of likely N-dealkylation sites (tertiary alicyclic amines) is 1. The summed E-state index contributed by atoms with van der Waals surface area (Å²) in [5.41, 5.74) is 2.36. The molecule has 0 spiro atoms. The Bertz CT molecular complexity index is 794. The number of carbonyl (C=O) groups is 2. The second-order valence-corrected chi connectivity index (χ2v) is 7.57. The van der Waals surface area contributed by atoms with Gasteiger partial charge in [-0.3, -0.25) is 9.59 Å². The number of aromatic amines is 1. The van der Waals surface area contributed by atoms with Gasteiger partial charge in [0.15, 0.2) is 0 Å². The normalized spacial score (nSPS) is 21.7. The van der Waals surface area contributed by atoms with Gasteiger partial charge < -0.3 is 15.2 Å². The molecule has 2 fully saturated rings. The SMILES string of the molecule is O=C(NC1CCCCC1)[C@@H]1CCCN(C(=O)c2ccc3nc[nH]c3c2)C1. The van der Waals surface area contributed by atoms with Crippen LogP contribution in [0.1, 0.15) is 55.3 Å². The molecule has 4 rings (SSSR count). The zero-order valence-corrected chi connectivity index (χ0v) is 15.0. The molecule has 1 saturated heterocycles. The van der Waals surface area contributed by atoms with Gasteiger partial charge in [-0.25, -0.2) is 4.98 Å². The number of imidazole rings is 1. The van der Waals surface area contributed by atoms with Gasteiger partial charge in [-0.2, -0.15) is 0 Å². The number of H-pyrrole nitrogens is 1. The van der Waals surface area contributed by atoms with E-state index < -0.39 is 0 Å². The van der Waals surface area contributed by atoms with Crippen LogP contribution in [0, 0.1) is 5.92 Å². The fourth-order valence-electron chi connectivity index (χ4n) is 4.19. The van der Waals surface area contributed by atoms with Crippen LogP contribution < -0.4 is 5.32 Å². The Hall–Kier alpha value is -2.37. The lowest BCUT2D eigenvalue weighted by Crippen LogP contribution is -2.47. The summed E-state index contributed by atoms with van der Waals surface area (Å²) < 4.78 is 0. The van der Waals surface area contributed by atoms with Crippen molar-refractivity contribution in [2.24, 2.45) is 5.92 Å². The third kappa shape index (κ3) is 3.59. The summed E-state index contributed by atoms with van der Waals surface area (Å²) in [5, 5.41) is 3.22. The van der Waals surface area contributed by atoms with E-state index in [2.05, 4.69) is 15.3 Å². The second-order valence-electron chi connectivity index (χ2n) is 7.57. The van der Waals surface area contributed by atoms with Crippen molar-refractivity contribution in [1.29, 1.82) is 0 Å². The zero-order valence-electron chi connectivity index (χ0n) is 15.0. The van der Waals surface area contributed by atoms with Crippen LogP contribution >= 0.6 is 0 Å². The molecule has 0 bridgehead atoms. The highest BCUT2D eigenvalue weighted by molar-refractivity contribution is 5.97. The first kappa shape index (κ1) is 17.1. The first-order valence-corrected chi connectivity index (χ1v) is 9.73. The van der Waals surface area contributed by atoms with Gasteiger partial charge in [0.05, 0.1) is 23.3 Å². The van der Waals surface area contributed by atoms with Crippen LogP contribution in [0.4, 0.5) is 0 Å². The quantitative estimate of drug-likeness (QED) is 0.890. The van der Waals surface area contributed by atoms with Crippen molar-refractivity contribution in [3.8, 4) is 0 Å². The Morgan fingerprint density at radius 1 is 1.12 bits per heavy atom. The van der Waals surface area contributed by atoms with E-state index in [0.29, 0.717) is 24.7 Å². The maximum atomic E-state index is 12.9. The average Bonchev–Trinajstić information content (AvgIpc) is 3.16. The molecule has 2 aliphatic rings. The summed E-state index contributed by atoms with van der Waals surface area (Å²) in [6.45, 7) is 1.23. The molecule has 2 heterocycles. The van der Waals surface area contributed by atoms with Gasteiger partial charge in [-0.05, 0) is 43.9 Å². The number of amides is 2. The molecule has 26 heavy (non-hydrogen) atoms. The van der Waals surface area contributed by atoms with Crippen LogP contribution in [-0.2, 0) is 4.79 Å². The van der Waals surface area contributed by atoms with Crippen molar-refractivity contribution in [3.63, 3.8) is 0 Å². The highest BCUT2D eigenvalue weighted by Gasteiger charge is 2.30. The fraction of sp³-hybridized carbons (Fsp3) is 0.550. The van der Waals surface area contributed by atoms with E-state index in [-0.39, 0.29) is 17.7 Å². The van der Waals surface area contributed by atoms with Crippen molar-refractivity contribution in [2.45, 2.75) is 51.0 Å². The molecule has 1 aromatic heterocycles. The molecule has 1 aliphatic heterocycles. The van der Waals surface area contributed by atoms with Crippen LogP contribution in [0.5, 0.6) is 0 Å². The Balaban J connectivity index is 1.40. The minimum Gasteiger partial charge on any atom is -0.353 e. The number of nitrogens with zero attached hydrogens (tertiary/aromatic N) is 2. The lowest BCUT2D eigenvalue weighted by Gasteiger charge is -2.33. The van der Waals surface area contributed by atoms with Crippen molar-refractivity contribution in [3.05, 3.63) is 30.1 Å². The Morgan fingerprint density at radius 2 is 1.96 bits per heavy atom. The Morgan fingerprint density at radius 3 is 2.81 bits per heavy atom. The van der Waals surface area contributed by atoms with Gasteiger partial charge in [-0.1, -0.05) is 19.3 Å². The first-order valence-electron chi connectivity index (χ1n) is 9.73. The maximum Gasteiger partial charge on any atom is 0.253 e. The molecule has 1 atom stereocenters. The van der Waals surface area contributed by atoms with Crippen LogP contribution in [-0.4, -0.2) is 45.8 Å². The van der Waals surface area contributed by atoms with Crippen molar-refractivity contribution in [2.75, 3.05) is 13.1 Å². The van der Waals surface area contributed by atoms with E-state index in [0.717, 1.165) is 36.7 Å². The Kier molecular flexibility index (Phi) is 4.91. The highest BCUT2D eigenvalue weighted by Crippen LogP contribution is 2.22. The number of rotatable bonds is 3. The van der Waals surface area contributed by atoms with E-state index in [1.807, 2.05) is 23.1 Å². The summed E-state index contributed by atoms with van der Waals surface area (Å²) in [5.74, 6) is 0.0283. The van der Waals surface area contributed by atoms with Gasteiger partial charge >= 0.3 is 0 Å². The lowest BCUT2D eigenvalue weighted by atomic mass is 9.92. The number of piperidine rings is 1. The lowest BCUT2D eigenvalue weighted by molar-refractivity contribution is -0.127. The average molecular weight is 354 g/mol. The summed E-state index contributed by atoms with van der Waals surface area (Å²) >= 11 is 0. The van der Waals surface area contributed by atoms with E-state index in [4.69, 9.17) is 0 Å². The number of hydrogen-bond donors (Lipinski definition) is 2. The minimum atomic E-state index is -0.0921. The minimum absolute atomic E-state index is 0.00309. The van der Waals surface area contributed by atoms with Gasteiger partial charge in [0.2, 0.25) is 5.91 Å². The maximum absolute atomic E-state index is 12.9. The van der Waals surface area contributed by atoms with Crippen LogP contribution in [0.3, 0.4) is 0 Å². The molecule has 138 valence electrons. The summed E-state index contributed by atoms with van der Waals surface area (Å²) in [6, 6.07) is 5.84. The second kappa shape index (κ2) is 7.48. The van der Waals surface area contributed by atoms with Crippen LogP contribution in [0.2, 0.25) is 0 Å². The van der Waals surface area contributed by atoms with Crippen LogP contribution in [0.15, 0.2) is 24.5 Å². The third-order valence-electron chi connectivity index (χ3n) is 5.70. The fourth-order valence-corrected chi connectivity index (χ4v) is 4.19. The molecular formula is C20H26N4O2. The van der Waals surface area contributed by atoms with Crippen molar-refractivity contribution >= 4 is 22.8 Å². The topological polar surface area (TPSA) is 78.1 Å². The van der Waals surface area contributed by atoms with E-state index in [1.54, 1.807) is 6.33 Å². The summed E-state index contributed by atoms with van der Waals surface area (Å²) in [7, 11) is 0. The number of aromatic nitrogens is 2. The number of nitrogens with one attached hydrogen (secondary N) is 2. The predicted molar refractivity (Wildman–Crippen MR) is 99.7 cm³/mol. The van der Waals surface area contributed by atoms with Crippen molar-refractivity contribution < 1.29 is 9.59 Å². The van der Waals surface area contributed by atoms with Gasteiger partial charge in [0.25, 0.3) is 5.91 Å². The largest absolute Gasteiger partial charge is 0.353 e. The number of benzene rings is 1. The summed E-state index contributed by atoms with van der Waals surface area (Å²) in [4.78, 5) is 34.6. The third-order valence-corrected chi connectivity index (χ3v) is 5.70. The molecule has 2 aromatic rings. The number of carbonyl (C=O) groups excluding carboxylic acids is 2. The van der Waals surface area contributed by atoms with Gasteiger partial charge in [0.1, 0.15) is 0 Å². The monoisotopic (exact) mass is 354 g/mol. The first-order chi connectivity index (χ1) is 12.7. The predicted octanol–water partition coefficient (Wildman–Crippen LogP) is 2.86. The molecule has 2 N–H and O–H groups in total.